The fraction of sp³-hybridized carbons (Fsp3) is 0.148. The Balaban J connectivity index is 1.49. The quantitative estimate of drug-likeness (QED) is 0.341. The summed E-state index contributed by atoms with van der Waals surface area (Å²) in [5, 5.41) is 17.0. The first-order valence-corrected chi connectivity index (χ1v) is 11.6. The minimum atomic E-state index is -0.468. The maximum Gasteiger partial charge on any atom is 0.258 e. The highest BCUT2D eigenvalue weighted by atomic mass is 35.5. The molecule has 0 aliphatic heterocycles. The number of pyridine rings is 1. The fourth-order valence-electron chi connectivity index (χ4n) is 3.82. The molecular formula is C27H20ClN5O2. The molecule has 0 unspecified atom stereocenters. The van der Waals surface area contributed by atoms with Crippen LogP contribution in [-0.2, 0) is 0 Å². The molecule has 7 nitrogen and oxygen atoms in total. The molecule has 0 spiro atoms. The van der Waals surface area contributed by atoms with E-state index in [0.29, 0.717) is 46.4 Å². The number of nitrogens with one attached hydrogen (secondary N) is 1. The number of para-hydroxylation sites is 1. The smallest absolute Gasteiger partial charge is 0.258 e. The van der Waals surface area contributed by atoms with Gasteiger partial charge in [-0.3, -0.25) is 14.6 Å². The minimum Gasteiger partial charge on any atom is -0.306 e. The largest absolute Gasteiger partial charge is 0.306 e. The number of carbonyl (C=O) groups excluding carboxylic acids is 2. The van der Waals surface area contributed by atoms with Crippen LogP contribution < -0.4 is 5.32 Å². The molecule has 0 saturated heterocycles. The maximum atomic E-state index is 13.3. The lowest BCUT2D eigenvalue weighted by molar-refractivity contribution is 0.0969. The highest BCUT2D eigenvalue weighted by molar-refractivity contribution is 6.34. The lowest BCUT2D eigenvalue weighted by Crippen LogP contribution is -2.15. The summed E-state index contributed by atoms with van der Waals surface area (Å²) >= 11 is 6.37. The molecule has 8 heteroatoms. The summed E-state index contributed by atoms with van der Waals surface area (Å²) in [6.45, 7) is 0. The number of ketones is 1. The number of aromatic nitrogens is 3. The standard InChI is InChI=1S/C27H20ClN5O2/c28-22-11-10-18(26-19(16-29)5-4-12-30-26)14-21(22)27(35)31-25-15-23(24(34)13-17-8-9-17)32-33(25)20-6-2-1-3-7-20/h1-7,10-12,14-15,17H,8-9,13H2,(H,31,35). The highest BCUT2D eigenvalue weighted by Crippen LogP contribution is 2.34. The lowest BCUT2D eigenvalue weighted by Gasteiger charge is -2.11. The number of amides is 1. The molecule has 1 fully saturated rings. The first kappa shape index (κ1) is 22.5. The van der Waals surface area contributed by atoms with Crippen LogP contribution in [0, 0.1) is 17.2 Å². The van der Waals surface area contributed by atoms with Crippen LogP contribution in [0.15, 0.2) is 72.9 Å². The molecule has 5 rings (SSSR count). The van der Waals surface area contributed by atoms with Gasteiger partial charge in [0.1, 0.15) is 17.6 Å². The fourth-order valence-corrected chi connectivity index (χ4v) is 4.02. The summed E-state index contributed by atoms with van der Waals surface area (Å²) in [5.41, 5.74) is 2.67. The highest BCUT2D eigenvalue weighted by Gasteiger charge is 2.27. The molecule has 0 atom stereocenters. The molecule has 1 saturated carbocycles. The molecule has 0 radical (unpaired) electrons. The van der Waals surface area contributed by atoms with Crippen molar-refractivity contribution in [2.75, 3.05) is 5.32 Å². The first-order valence-electron chi connectivity index (χ1n) is 11.2. The van der Waals surface area contributed by atoms with Crippen molar-refractivity contribution in [3.05, 3.63) is 94.8 Å². The van der Waals surface area contributed by atoms with Crippen molar-refractivity contribution in [3.63, 3.8) is 0 Å². The topological polar surface area (TPSA) is 101 Å². The van der Waals surface area contributed by atoms with E-state index in [2.05, 4.69) is 21.5 Å². The Hall–Kier alpha value is -4.28. The number of anilines is 1. The van der Waals surface area contributed by atoms with Gasteiger partial charge in [-0.2, -0.15) is 10.4 Å². The number of Topliss-reactive ketones (excluding diaryl/α,β-unsaturated/α-hetero) is 1. The Bertz CT molecular complexity index is 1470. The molecule has 0 bridgehead atoms. The normalized spacial score (nSPS) is 12.7. The van der Waals surface area contributed by atoms with Gasteiger partial charge < -0.3 is 5.32 Å². The molecule has 1 aliphatic carbocycles. The van der Waals surface area contributed by atoms with Crippen LogP contribution in [0.25, 0.3) is 16.9 Å². The average molecular weight is 482 g/mol. The van der Waals surface area contributed by atoms with Crippen LogP contribution in [0.3, 0.4) is 0 Å². The van der Waals surface area contributed by atoms with Crippen LogP contribution in [0.5, 0.6) is 0 Å². The molecule has 172 valence electrons. The molecule has 2 aromatic carbocycles. The van der Waals surface area contributed by atoms with E-state index in [-0.39, 0.29) is 16.4 Å². The van der Waals surface area contributed by atoms with E-state index in [1.807, 2.05) is 30.3 Å². The van der Waals surface area contributed by atoms with Crippen molar-refractivity contribution < 1.29 is 9.59 Å². The van der Waals surface area contributed by atoms with Crippen LogP contribution in [0.4, 0.5) is 5.82 Å². The third kappa shape index (κ3) is 4.84. The molecule has 2 heterocycles. The van der Waals surface area contributed by atoms with Crippen LogP contribution in [-0.4, -0.2) is 26.5 Å². The zero-order valence-electron chi connectivity index (χ0n) is 18.6. The number of nitriles is 1. The zero-order valence-corrected chi connectivity index (χ0v) is 19.4. The number of rotatable bonds is 7. The van der Waals surface area contributed by atoms with Crippen molar-refractivity contribution in [2.45, 2.75) is 19.3 Å². The maximum absolute atomic E-state index is 13.3. The van der Waals surface area contributed by atoms with Gasteiger partial charge in [-0.25, -0.2) is 4.68 Å². The van der Waals surface area contributed by atoms with Gasteiger partial charge in [0.25, 0.3) is 5.91 Å². The van der Waals surface area contributed by atoms with E-state index in [4.69, 9.17) is 11.6 Å². The molecule has 2 aromatic heterocycles. The third-order valence-electron chi connectivity index (χ3n) is 5.82. The molecule has 1 amide bonds. The van der Waals surface area contributed by atoms with E-state index in [0.717, 1.165) is 12.8 Å². The predicted octanol–water partition coefficient (Wildman–Crippen LogP) is 5.69. The summed E-state index contributed by atoms with van der Waals surface area (Å²) in [4.78, 5) is 30.3. The van der Waals surface area contributed by atoms with E-state index < -0.39 is 5.91 Å². The molecule has 1 N–H and O–H groups in total. The second-order valence-electron chi connectivity index (χ2n) is 8.39. The van der Waals surface area contributed by atoms with Gasteiger partial charge in [0.2, 0.25) is 0 Å². The summed E-state index contributed by atoms with van der Waals surface area (Å²) in [6.07, 6.45) is 4.17. The van der Waals surface area contributed by atoms with E-state index in [9.17, 15) is 14.9 Å². The number of hydrogen-bond acceptors (Lipinski definition) is 5. The Morgan fingerprint density at radius 2 is 1.89 bits per heavy atom. The average Bonchev–Trinajstić information content (AvgIpc) is 3.60. The number of nitrogens with zero attached hydrogens (tertiary/aromatic N) is 4. The second kappa shape index (κ2) is 9.53. The molecule has 4 aromatic rings. The van der Waals surface area contributed by atoms with Crippen molar-refractivity contribution >= 4 is 29.1 Å². The Kier molecular flexibility index (Phi) is 6.13. The summed E-state index contributed by atoms with van der Waals surface area (Å²) in [6, 6.07) is 21.2. The van der Waals surface area contributed by atoms with Gasteiger partial charge in [0, 0.05) is 24.2 Å². The van der Waals surface area contributed by atoms with E-state index in [1.165, 1.54) is 0 Å². The summed E-state index contributed by atoms with van der Waals surface area (Å²) in [7, 11) is 0. The Labute approximate surface area is 207 Å². The number of carbonyl (C=O) groups is 2. The van der Waals surface area contributed by atoms with Gasteiger partial charge in [-0.05, 0) is 55.2 Å². The van der Waals surface area contributed by atoms with Gasteiger partial charge in [-0.1, -0.05) is 35.9 Å². The Morgan fingerprint density at radius 3 is 2.63 bits per heavy atom. The molecule has 35 heavy (non-hydrogen) atoms. The molecule has 1 aliphatic rings. The minimum absolute atomic E-state index is 0.0445. The number of halogens is 1. The summed E-state index contributed by atoms with van der Waals surface area (Å²) < 4.78 is 1.54. The van der Waals surface area contributed by atoms with Crippen LogP contribution in [0.1, 0.15) is 45.7 Å². The second-order valence-corrected chi connectivity index (χ2v) is 8.80. The SMILES string of the molecule is N#Cc1cccnc1-c1ccc(Cl)c(C(=O)Nc2cc(C(=O)CC3CC3)nn2-c2ccccc2)c1. The first-order chi connectivity index (χ1) is 17.0. The predicted molar refractivity (Wildman–Crippen MR) is 133 cm³/mol. The Morgan fingerprint density at radius 1 is 1.09 bits per heavy atom. The van der Waals surface area contributed by atoms with Crippen molar-refractivity contribution in [3.8, 4) is 23.0 Å². The van der Waals surface area contributed by atoms with E-state index >= 15 is 0 Å². The van der Waals surface area contributed by atoms with Crippen molar-refractivity contribution in [2.24, 2.45) is 5.92 Å². The summed E-state index contributed by atoms with van der Waals surface area (Å²) in [5.74, 6) is 0.271. The van der Waals surface area contributed by atoms with Gasteiger partial charge >= 0.3 is 0 Å². The van der Waals surface area contributed by atoms with Crippen molar-refractivity contribution in [1.82, 2.24) is 14.8 Å². The van der Waals surface area contributed by atoms with Gasteiger partial charge in [0.15, 0.2) is 5.78 Å². The molecular weight excluding hydrogens is 462 g/mol. The third-order valence-corrected chi connectivity index (χ3v) is 6.15. The lowest BCUT2D eigenvalue weighted by atomic mass is 10.0. The van der Waals surface area contributed by atoms with Crippen LogP contribution in [0.2, 0.25) is 5.02 Å². The van der Waals surface area contributed by atoms with Gasteiger partial charge in [-0.15, -0.1) is 0 Å². The van der Waals surface area contributed by atoms with Crippen LogP contribution >= 0.6 is 11.6 Å². The number of hydrogen-bond donors (Lipinski definition) is 1. The van der Waals surface area contributed by atoms with Gasteiger partial charge in [0.05, 0.1) is 27.5 Å². The zero-order chi connectivity index (χ0) is 24.4. The van der Waals surface area contributed by atoms with Crippen molar-refractivity contribution in [1.29, 1.82) is 5.26 Å². The number of benzene rings is 2. The monoisotopic (exact) mass is 481 g/mol. The van der Waals surface area contributed by atoms with E-state index in [1.54, 1.807) is 47.3 Å².